The van der Waals surface area contributed by atoms with Gasteiger partial charge in [0.1, 0.15) is 5.82 Å². The molecule has 0 aliphatic carbocycles. The van der Waals surface area contributed by atoms with Crippen LogP contribution < -0.4 is 5.73 Å². The van der Waals surface area contributed by atoms with Gasteiger partial charge < -0.3 is 5.73 Å². The van der Waals surface area contributed by atoms with E-state index in [1.54, 1.807) is 0 Å². The highest BCUT2D eigenvalue weighted by Gasteiger charge is 2.33. The van der Waals surface area contributed by atoms with Crippen LogP contribution in [0, 0.1) is 5.82 Å². The molecule has 0 aromatic heterocycles. The Balaban J connectivity index is 2.31. The first-order valence-corrected chi connectivity index (χ1v) is 7.38. The highest BCUT2D eigenvalue weighted by atomic mass is 32.2. The number of hydrogen-bond donors (Lipinski definition) is 1. The number of nitrogens with zero attached hydrogens (tertiary/aromatic N) is 1. The SMILES string of the molecule is C[C@H]1C[C@@H](N)CCN1S(=O)(=O)c1cccc(F)c1. The van der Waals surface area contributed by atoms with Gasteiger partial charge in [0, 0.05) is 18.6 Å². The maximum Gasteiger partial charge on any atom is 0.243 e. The number of rotatable bonds is 2. The molecule has 1 fully saturated rings. The van der Waals surface area contributed by atoms with Gasteiger partial charge in [-0.2, -0.15) is 4.31 Å². The van der Waals surface area contributed by atoms with Crippen molar-refractivity contribution in [2.75, 3.05) is 6.54 Å². The molecule has 2 rings (SSSR count). The molecule has 2 atom stereocenters. The third kappa shape index (κ3) is 2.55. The second-order valence-corrected chi connectivity index (χ2v) is 6.60. The van der Waals surface area contributed by atoms with Gasteiger partial charge in [-0.05, 0) is 38.0 Å². The van der Waals surface area contributed by atoms with Crippen LogP contribution >= 0.6 is 0 Å². The maximum atomic E-state index is 13.1. The van der Waals surface area contributed by atoms with Gasteiger partial charge in [0.2, 0.25) is 10.0 Å². The summed E-state index contributed by atoms with van der Waals surface area (Å²) in [7, 11) is -3.62. The molecule has 1 aliphatic heterocycles. The third-order valence-corrected chi connectivity index (χ3v) is 5.27. The molecule has 18 heavy (non-hydrogen) atoms. The van der Waals surface area contributed by atoms with Crippen LogP contribution in [0.15, 0.2) is 29.2 Å². The second-order valence-electron chi connectivity index (χ2n) is 4.71. The summed E-state index contributed by atoms with van der Waals surface area (Å²) in [6, 6.07) is 4.99. The molecule has 100 valence electrons. The summed E-state index contributed by atoms with van der Waals surface area (Å²) in [6.45, 7) is 2.22. The molecule has 6 heteroatoms. The molecule has 2 N–H and O–H groups in total. The molecule has 1 heterocycles. The molecule has 1 saturated heterocycles. The normalized spacial score (nSPS) is 26.2. The van der Waals surface area contributed by atoms with E-state index in [1.807, 2.05) is 6.92 Å². The fourth-order valence-corrected chi connectivity index (χ4v) is 4.00. The van der Waals surface area contributed by atoms with E-state index < -0.39 is 15.8 Å². The summed E-state index contributed by atoms with van der Waals surface area (Å²) in [5, 5.41) is 0. The summed E-state index contributed by atoms with van der Waals surface area (Å²) < 4.78 is 39.3. The van der Waals surface area contributed by atoms with Crippen molar-refractivity contribution < 1.29 is 12.8 Å². The van der Waals surface area contributed by atoms with E-state index >= 15 is 0 Å². The summed E-state index contributed by atoms with van der Waals surface area (Å²) in [4.78, 5) is 0.00446. The molecule has 0 unspecified atom stereocenters. The monoisotopic (exact) mass is 272 g/mol. The van der Waals surface area contributed by atoms with Gasteiger partial charge in [-0.3, -0.25) is 0 Å². The minimum absolute atomic E-state index is 0.00446. The average Bonchev–Trinajstić information content (AvgIpc) is 2.28. The van der Waals surface area contributed by atoms with Crippen molar-refractivity contribution in [3.8, 4) is 0 Å². The summed E-state index contributed by atoms with van der Waals surface area (Å²) in [6.07, 6.45) is 1.27. The Morgan fingerprint density at radius 1 is 1.44 bits per heavy atom. The maximum absolute atomic E-state index is 13.1. The second kappa shape index (κ2) is 4.95. The van der Waals surface area contributed by atoms with Crippen LogP contribution in [0.1, 0.15) is 19.8 Å². The fraction of sp³-hybridized carbons (Fsp3) is 0.500. The Kier molecular flexibility index (Phi) is 3.70. The van der Waals surface area contributed by atoms with Crippen molar-refractivity contribution in [1.82, 2.24) is 4.31 Å². The zero-order valence-corrected chi connectivity index (χ0v) is 11.0. The predicted molar refractivity (Wildman–Crippen MR) is 67.0 cm³/mol. The summed E-state index contributed by atoms with van der Waals surface area (Å²) >= 11 is 0. The number of hydrogen-bond acceptors (Lipinski definition) is 3. The minimum atomic E-state index is -3.62. The smallest absolute Gasteiger partial charge is 0.243 e. The van der Waals surface area contributed by atoms with Crippen molar-refractivity contribution in [3.63, 3.8) is 0 Å². The Morgan fingerprint density at radius 2 is 2.17 bits per heavy atom. The quantitative estimate of drug-likeness (QED) is 0.883. The molecule has 0 amide bonds. The van der Waals surface area contributed by atoms with Crippen LogP contribution in [0.2, 0.25) is 0 Å². The Morgan fingerprint density at radius 3 is 2.78 bits per heavy atom. The van der Waals surface area contributed by atoms with Crippen molar-refractivity contribution in [2.45, 2.75) is 36.7 Å². The molecule has 1 aliphatic rings. The number of benzene rings is 1. The standard InChI is InChI=1S/C12H17FN2O2S/c1-9-7-11(14)5-6-15(9)18(16,17)12-4-2-3-10(13)8-12/h2-4,8-9,11H,5-7,14H2,1H3/t9-,11-/m0/s1. The molecule has 0 saturated carbocycles. The van der Waals surface area contributed by atoms with Crippen molar-refractivity contribution in [2.24, 2.45) is 5.73 Å². The summed E-state index contributed by atoms with van der Waals surface area (Å²) in [5.74, 6) is -0.544. The number of halogens is 1. The molecule has 0 spiro atoms. The lowest BCUT2D eigenvalue weighted by Gasteiger charge is -2.35. The van der Waals surface area contributed by atoms with Crippen LogP contribution in [0.4, 0.5) is 4.39 Å². The zero-order chi connectivity index (χ0) is 13.3. The van der Waals surface area contributed by atoms with E-state index in [0.29, 0.717) is 19.4 Å². The molecule has 0 bridgehead atoms. The first-order chi connectivity index (χ1) is 8.41. The van der Waals surface area contributed by atoms with Crippen LogP contribution in [-0.2, 0) is 10.0 Å². The van der Waals surface area contributed by atoms with E-state index in [0.717, 1.165) is 6.07 Å². The summed E-state index contributed by atoms with van der Waals surface area (Å²) in [5.41, 5.74) is 5.81. The number of sulfonamides is 1. The minimum Gasteiger partial charge on any atom is -0.328 e. The van der Waals surface area contributed by atoms with E-state index in [-0.39, 0.29) is 17.0 Å². The number of piperidine rings is 1. The van der Waals surface area contributed by atoms with Crippen LogP contribution in [0.5, 0.6) is 0 Å². The highest BCUT2D eigenvalue weighted by molar-refractivity contribution is 7.89. The Labute approximate surface area is 107 Å². The molecular formula is C12H17FN2O2S. The van der Waals surface area contributed by atoms with Crippen LogP contribution in [0.3, 0.4) is 0 Å². The third-order valence-electron chi connectivity index (χ3n) is 3.26. The fourth-order valence-electron chi connectivity index (χ4n) is 2.31. The zero-order valence-electron chi connectivity index (χ0n) is 10.2. The lowest BCUT2D eigenvalue weighted by atomic mass is 10.0. The molecule has 1 aromatic carbocycles. The molecule has 0 radical (unpaired) electrons. The van der Waals surface area contributed by atoms with Gasteiger partial charge in [0.05, 0.1) is 4.90 Å². The van der Waals surface area contributed by atoms with Crippen molar-refractivity contribution in [3.05, 3.63) is 30.1 Å². The lowest BCUT2D eigenvalue weighted by molar-refractivity contribution is 0.247. The van der Waals surface area contributed by atoms with E-state index in [1.165, 1.54) is 22.5 Å². The van der Waals surface area contributed by atoms with Gasteiger partial charge in [0.15, 0.2) is 0 Å². The van der Waals surface area contributed by atoms with Gasteiger partial charge in [0.25, 0.3) is 0 Å². The van der Waals surface area contributed by atoms with Crippen molar-refractivity contribution >= 4 is 10.0 Å². The van der Waals surface area contributed by atoms with E-state index in [9.17, 15) is 12.8 Å². The first-order valence-electron chi connectivity index (χ1n) is 5.94. The number of nitrogens with two attached hydrogens (primary N) is 1. The Bertz CT molecular complexity index is 533. The molecular weight excluding hydrogens is 255 g/mol. The van der Waals surface area contributed by atoms with Crippen LogP contribution in [-0.4, -0.2) is 31.4 Å². The first kappa shape index (κ1) is 13.5. The van der Waals surface area contributed by atoms with Gasteiger partial charge in [-0.15, -0.1) is 0 Å². The van der Waals surface area contributed by atoms with E-state index in [2.05, 4.69) is 0 Å². The largest absolute Gasteiger partial charge is 0.328 e. The highest BCUT2D eigenvalue weighted by Crippen LogP contribution is 2.24. The average molecular weight is 272 g/mol. The predicted octanol–water partition coefficient (Wildman–Crippen LogP) is 1.33. The van der Waals surface area contributed by atoms with Gasteiger partial charge >= 0.3 is 0 Å². The molecule has 4 nitrogen and oxygen atoms in total. The Hall–Kier alpha value is -0.980. The molecule has 1 aromatic rings. The van der Waals surface area contributed by atoms with E-state index in [4.69, 9.17) is 5.73 Å². The van der Waals surface area contributed by atoms with Gasteiger partial charge in [-0.25, -0.2) is 12.8 Å². The van der Waals surface area contributed by atoms with Crippen molar-refractivity contribution in [1.29, 1.82) is 0 Å². The lowest BCUT2D eigenvalue weighted by Crippen LogP contribution is -2.48. The van der Waals surface area contributed by atoms with Gasteiger partial charge in [-0.1, -0.05) is 6.07 Å². The van der Waals surface area contributed by atoms with Crippen LogP contribution in [0.25, 0.3) is 0 Å². The topological polar surface area (TPSA) is 63.4 Å².